The number of amides is 3. The Balaban J connectivity index is 0.00000423. The molecule has 10 heteroatoms. The Morgan fingerprint density at radius 3 is 2.12 bits per heavy atom. The summed E-state index contributed by atoms with van der Waals surface area (Å²) in [6, 6.07) is 3.88. The fourth-order valence-electron chi connectivity index (χ4n) is 6.61. The van der Waals surface area contributed by atoms with Gasteiger partial charge in [0.25, 0.3) is 11.8 Å². The number of nitrogens with one attached hydrogen (secondary N) is 1. The predicted octanol–water partition coefficient (Wildman–Crippen LogP) is 4.64. The monoisotopic (exact) mass is 612 g/mol. The molecule has 1 aliphatic carbocycles. The second kappa shape index (κ2) is 12.6. The van der Waals surface area contributed by atoms with Crippen molar-refractivity contribution < 1.29 is 25.0 Å². The lowest BCUT2D eigenvalue weighted by Crippen LogP contribution is -2.51. The minimum atomic E-state index is -0.229. The Morgan fingerprint density at radius 2 is 1.56 bits per heavy atom. The first-order valence-corrected chi connectivity index (χ1v) is 16.3. The molecular weight excluding hydrogens is 564 g/mol. The minimum Gasteiger partial charge on any atom is -0.870 e. The maximum atomic E-state index is 13.5. The second-order valence-electron chi connectivity index (χ2n) is 14.5. The zero-order chi connectivity index (χ0) is 30.4. The van der Waals surface area contributed by atoms with Crippen molar-refractivity contribution >= 4 is 46.1 Å². The van der Waals surface area contributed by atoms with Gasteiger partial charge in [-0.1, -0.05) is 20.8 Å². The largest absolute Gasteiger partial charge is 0.870 e. The van der Waals surface area contributed by atoms with E-state index >= 15 is 0 Å². The fraction of sp³-hybridized carbons (Fsp3) is 0.606. The summed E-state index contributed by atoms with van der Waals surface area (Å²) >= 11 is 1.23. The highest BCUT2D eigenvalue weighted by molar-refractivity contribution is 7.80. The van der Waals surface area contributed by atoms with E-state index < -0.39 is 0 Å². The average molecular weight is 613 g/mol. The molecule has 3 aliphatic rings. The molecule has 9 nitrogen and oxygen atoms in total. The topological polar surface area (TPSA) is 127 Å². The third-order valence-corrected chi connectivity index (χ3v) is 9.89. The second-order valence-corrected chi connectivity index (χ2v) is 16.5. The molecule has 2 fully saturated rings. The number of rotatable bonds is 6. The van der Waals surface area contributed by atoms with Gasteiger partial charge in [-0.15, -0.1) is 0 Å². The molecule has 1 saturated carbocycles. The van der Waals surface area contributed by atoms with E-state index in [1.807, 2.05) is 11.0 Å². The Hall–Kier alpha value is -2.98. The molecule has 0 spiro atoms. The molecule has 43 heavy (non-hydrogen) atoms. The molecule has 0 radical (unpaired) electrons. The van der Waals surface area contributed by atoms with Crippen molar-refractivity contribution in [1.82, 2.24) is 14.8 Å². The number of anilines is 1. The number of aromatic hydroxyl groups is 1. The molecule has 1 aromatic heterocycles. The van der Waals surface area contributed by atoms with Crippen LogP contribution in [-0.4, -0.2) is 80.6 Å². The van der Waals surface area contributed by atoms with E-state index in [2.05, 4.69) is 57.5 Å². The van der Waals surface area contributed by atoms with Crippen LogP contribution in [0, 0.1) is 17.3 Å². The number of thiol groups is 1. The number of H-pyrrole nitrogens is 1. The first kappa shape index (κ1) is 32.9. The van der Waals surface area contributed by atoms with Gasteiger partial charge in [0.05, 0.1) is 5.52 Å². The Kier molecular flexibility index (Phi) is 9.61. The summed E-state index contributed by atoms with van der Waals surface area (Å²) in [6.07, 6.45) is 6.91. The zero-order valence-electron chi connectivity index (χ0n) is 26.4. The number of carbonyl (C=O) groups is 3. The molecule has 2 aromatic rings. The van der Waals surface area contributed by atoms with E-state index in [0.29, 0.717) is 32.7 Å². The highest BCUT2D eigenvalue weighted by Gasteiger charge is 2.35. The van der Waals surface area contributed by atoms with Gasteiger partial charge in [-0.05, 0) is 76.3 Å². The van der Waals surface area contributed by atoms with Crippen molar-refractivity contribution in [2.24, 2.45) is 17.3 Å². The number of hydrogen-bond donors (Lipinski definition) is 2. The van der Waals surface area contributed by atoms with Gasteiger partial charge in [-0.2, -0.15) is 0 Å². The van der Waals surface area contributed by atoms with E-state index in [9.17, 15) is 19.5 Å². The van der Waals surface area contributed by atoms with E-state index in [1.165, 1.54) is 44.8 Å². The van der Waals surface area contributed by atoms with Crippen molar-refractivity contribution in [2.75, 3.05) is 37.6 Å². The number of piperazine rings is 1. The Labute approximate surface area is 259 Å². The van der Waals surface area contributed by atoms with Crippen LogP contribution in [0.5, 0.6) is 5.75 Å². The van der Waals surface area contributed by atoms with E-state index in [0.717, 1.165) is 43.3 Å². The van der Waals surface area contributed by atoms with Gasteiger partial charge in [-0.3, -0.25) is 19.3 Å². The molecule has 236 valence electrons. The van der Waals surface area contributed by atoms with Crippen molar-refractivity contribution in [2.45, 2.75) is 83.4 Å². The average Bonchev–Trinajstić information content (AvgIpc) is 3.40. The standard InChI is InChI=1S/C33H46N4O4S.H2O/c1-32(2,3)19-24-23-11-12-25(38)29(28(23)34-30(24)42-33(4,5)6)35-15-17-36(18-16-35)31(41)22-9-7-21(8-10-22)20-37-26(39)13-14-27(37)40;/h11-14,21-22,34,38H,7-10,15-20H2,1-6H3;1H2. The summed E-state index contributed by atoms with van der Waals surface area (Å²) in [4.78, 5) is 46.6. The van der Waals surface area contributed by atoms with Gasteiger partial charge >= 0.3 is 0 Å². The summed E-state index contributed by atoms with van der Waals surface area (Å²) < 4.78 is 0.0983. The van der Waals surface area contributed by atoms with Crippen molar-refractivity contribution in [3.63, 3.8) is 0 Å². The molecule has 2 aliphatic heterocycles. The van der Waals surface area contributed by atoms with Crippen LogP contribution >= 0.6 is 0 Å². The van der Waals surface area contributed by atoms with Crippen molar-refractivity contribution in [3.05, 3.63) is 29.8 Å². The lowest BCUT2D eigenvalue weighted by atomic mass is 9.81. The molecule has 5 rings (SSSR count). The Morgan fingerprint density at radius 1 is 0.953 bits per heavy atom. The van der Waals surface area contributed by atoms with Crippen LogP contribution < -0.4 is 4.90 Å². The number of imide groups is 1. The molecule has 3 amide bonds. The molecule has 0 unspecified atom stereocenters. The number of fused-ring (bicyclic) bond motifs is 1. The van der Waals surface area contributed by atoms with Crippen LogP contribution in [0.3, 0.4) is 0 Å². The highest BCUT2D eigenvalue weighted by atomic mass is 32.2. The highest BCUT2D eigenvalue weighted by Crippen LogP contribution is 2.41. The molecular formula is C33H48N4O5S. The van der Waals surface area contributed by atoms with Crippen LogP contribution in [0.15, 0.2) is 29.3 Å². The summed E-state index contributed by atoms with van der Waals surface area (Å²) in [5.74, 6) is 0.279. The number of phenols is 1. The molecule has 0 bridgehead atoms. The van der Waals surface area contributed by atoms with E-state index in [1.54, 1.807) is 0 Å². The van der Waals surface area contributed by atoms with Gasteiger partial charge < -0.3 is 25.4 Å². The third kappa shape index (κ3) is 7.40. The van der Waals surface area contributed by atoms with Crippen LogP contribution in [0.1, 0.15) is 72.8 Å². The van der Waals surface area contributed by atoms with Crippen molar-refractivity contribution in [1.29, 1.82) is 0 Å². The zero-order valence-corrected chi connectivity index (χ0v) is 27.3. The lowest BCUT2D eigenvalue weighted by Gasteiger charge is -2.39. The SMILES string of the molecule is CC(C)(C)Cc1c([SH+]C(C)(C)C)[nH]c2c(N3CCN(C(=O)C4CCC(CN5C(=O)C=CC5=O)CC4)CC3)c(O)ccc12.[OH-]. The van der Waals surface area contributed by atoms with Gasteiger partial charge in [0.1, 0.15) is 16.2 Å². The summed E-state index contributed by atoms with van der Waals surface area (Å²) in [6.45, 7) is 16.6. The smallest absolute Gasteiger partial charge is 0.253 e. The maximum absolute atomic E-state index is 13.5. The summed E-state index contributed by atoms with van der Waals surface area (Å²) in [5, 5.41) is 13.5. The summed E-state index contributed by atoms with van der Waals surface area (Å²) in [7, 11) is 0. The van der Waals surface area contributed by atoms with Gasteiger partial charge in [-0.25, -0.2) is 0 Å². The molecule has 3 N–H and O–H groups in total. The number of phenolic OH excluding ortho intramolecular Hbond substituents is 1. The molecule has 0 atom stereocenters. The molecule has 1 aromatic carbocycles. The molecule has 3 heterocycles. The van der Waals surface area contributed by atoms with Gasteiger partial charge in [0.2, 0.25) is 10.9 Å². The van der Waals surface area contributed by atoms with E-state index in [4.69, 9.17) is 0 Å². The number of aromatic amines is 1. The van der Waals surface area contributed by atoms with Gasteiger partial charge in [0, 0.05) is 73.5 Å². The van der Waals surface area contributed by atoms with Crippen LogP contribution in [0.4, 0.5) is 5.69 Å². The van der Waals surface area contributed by atoms with Crippen LogP contribution in [0.25, 0.3) is 10.9 Å². The predicted molar refractivity (Wildman–Crippen MR) is 172 cm³/mol. The maximum Gasteiger partial charge on any atom is 0.253 e. The third-order valence-electron chi connectivity index (χ3n) is 8.61. The van der Waals surface area contributed by atoms with Crippen LogP contribution in [-0.2, 0) is 32.6 Å². The number of hydrogen-bond acceptors (Lipinski definition) is 6. The fourth-order valence-corrected chi connectivity index (χ4v) is 7.78. The quantitative estimate of drug-likeness (QED) is 0.278. The molecule has 1 saturated heterocycles. The number of nitrogens with zero attached hydrogens (tertiary/aromatic N) is 3. The summed E-state index contributed by atoms with van der Waals surface area (Å²) in [5.41, 5.74) is 3.28. The van der Waals surface area contributed by atoms with Crippen LogP contribution in [0.2, 0.25) is 0 Å². The number of benzene rings is 1. The number of aromatic nitrogens is 1. The minimum absolute atomic E-state index is 0. The van der Waals surface area contributed by atoms with Crippen molar-refractivity contribution in [3.8, 4) is 5.75 Å². The first-order chi connectivity index (χ1) is 19.7. The normalized spacial score (nSPS) is 21.6. The first-order valence-electron chi connectivity index (χ1n) is 15.4. The van der Waals surface area contributed by atoms with E-state index in [-0.39, 0.29) is 50.9 Å². The van der Waals surface area contributed by atoms with Gasteiger partial charge in [0.15, 0.2) is 0 Å². The number of carbonyl (C=O) groups excluding carboxylic acids is 3. The Bertz CT molecular complexity index is 1370. The lowest BCUT2D eigenvalue weighted by molar-refractivity contribution is -0.140.